The summed E-state index contributed by atoms with van der Waals surface area (Å²) in [6.07, 6.45) is 1.63. The van der Waals surface area contributed by atoms with Gasteiger partial charge in [-0.3, -0.25) is 9.48 Å². The number of hydrogen-bond acceptors (Lipinski definition) is 2. The number of carbonyl (C=O) groups is 1. The van der Waals surface area contributed by atoms with Crippen LogP contribution in [0.25, 0.3) is 0 Å². The molecule has 0 radical (unpaired) electrons. The zero-order valence-corrected chi connectivity index (χ0v) is 13.9. The van der Waals surface area contributed by atoms with Crippen molar-refractivity contribution in [1.29, 1.82) is 0 Å². The van der Waals surface area contributed by atoms with Crippen LogP contribution in [0.2, 0.25) is 5.02 Å². The second-order valence-electron chi connectivity index (χ2n) is 3.76. The van der Waals surface area contributed by atoms with Crippen LogP contribution in [0, 0.1) is 0 Å². The van der Waals surface area contributed by atoms with Gasteiger partial charge in [-0.25, -0.2) is 0 Å². The molecule has 0 saturated carbocycles. The van der Waals surface area contributed by atoms with Gasteiger partial charge in [-0.2, -0.15) is 5.10 Å². The SMILES string of the molecule is CCn1cc(Cl)c(C(=O)Nc2ccc(Br)cc2Br)n1. The van der Waals surface area contributed by atoms with Gasteiger partial charge in [-0.1, -0.05) is 27.5 Å². The molecule has 0 bridgehead atoms. The third kappa shape index (κ3) is 3.38. The molecule has 0 aliphatic heterocycles. The van der Waals surface area contributed by atoms with Crippen LogP contribution < -0.4 is 5.32 Å². The van der Waals surface area contributed by atoms with E-state index >= 15 is 0 Å². The van der Waals surface area contributed by atoms with Gasteiger partial charge in [0.1, 0.15) is 0 Å². The molecule has 2 aromatic rings. The quantitative estimate of drug-likeness (QED) is 0.823. The number of aryl methyl sites for hydroxylation is 1. The van der Waals surface area contributed by atoms with Gasteiger partial charge < -0.3 is 5.32 Å². The number of amides is 1. The van der Waals surface area contributed by atoms with Crippen LogP contribution in [-0.4, -0.2) is 15.7 Å². The molecular weight excluding hydrogens is 397 g/mol. The molecule has 4 nitrogen and oxygen atoms in total. The Hall–Kier alpha value is -0.850. The molecule has 1 heterocycles. The number of carbonyl (C=O) groups excluding carboxylic acids is 1. The lowest BCUT2D eigenvalue weighted by Crippen LogP contribution is -2.14. The molecule has 0 atom stereocenters. The van der Waals surface area contributed by atoms with Gasteiger partial charge in [0.05, 0.1) is 10.7 Å². The summed E-state index contributed by atoms with van der Waals surface area (Å²) in [6, 6.07) is 5.48. The first-order valence-corrected chi connectivity index (χ1v) is 7.47. The van der Waals surface area contributed by atoms with E-state index in [0.29, 0.717) is 17.3 Å². The minimum absolute atomic E-state index is 0.221. The van der Waals surface area contributed by atoms with Crippen LogP contribution in [0.3, 0.4) is 0 Å². The van der Waals surface area contributed by atoms with Gasteiger partial charge in [0.15, 0.2) is 5.69 Å². The van der Waals surface area contributed by atoms with Crippen molar-refractivity contribution < 1.29 is 4.79 Å². The van der Waals surface area contributed by atoms with Crippen molar-refractivity contribution in [3.05, 3.63) is 44.1 Å². The van der Waals surface area contributed by atoms with Crippen molar-refractivity contribution in [2.24, 2.45) is 0 Å². The average molecular weight is 407 g/mol. The predicted octanol–water partition coefficient (Wildman–Crippen LogP) is 4.33. The summed E-state index contributed by atoms with van der Waals surface area (Å²) in [4.78, 5) is 12.1. The third-order valence-corrected chi connectivity index (χ3v) is 3.86. The lowest BCUT2D eigenvalue weighted by atomic mass is 10.3. The highest BCUT2D eigenvalue weighted by molar-refractivity contribution is 9.11. The van der Waals surface area contributed by atoms with Gasteiger partial charge in [-0.15, -0.1) is 0 Å². The highest BCUT2D eigenvalue weighted by Crippen LogP contribution is 2.27. The molecule has 1 amide bonds. The number of benzene rings is 1. The summed E-state index contributed by atoms with van der Waals surface area (Å²) in [6.45, 7) is 2.59. The minimum Gasteiger partial charge on any atom is -0.319 e. The number of rotatable bonds is 3. The summed E-state index contributed by atoms with van der Waals surface area (Å²) in [5, 5.41) is 7.23. The fourth-order valence-corrected chi connectivity index (χ4v) is 2.87. The van der Waals surface area contributed by atoms with Crippen LogP contribution in [0.5, 0.6) is 0 Å². The van der Waals surface area contributed by atoms with Crippen LogP contribution in [-0.2, 0) is 6.54 Å². The first kappa shape index (κ1) is 14.6. The zero-order valence-electron chi connectivity index (χ0n) is 9.95. The number of anilines is 1. The third-order valence-electron chi connectivity index (χ3n) is 2.44. The summed E-state index contributed by atoms with van der Waals surface area (Å²) < 4.78 is 3.32. The highest BCUT2D eigenvalue weighted by Gasteiger charge is 2.16. The van der Waals surface area contributed by atoms with E-state index in [1.54, 1.807) is 16.9 Å². The first-order valence-electron chi connectivity index (χ1n) is 5.50. The molecule has 1 N–H and O–H groups in total. The molecule has 0 saturated heterocycles. The van der Waals surface area contributed by atoms with Crippen LogP contribution in [0.1, 0.15) is 17.4 Å². The van der Waals surface area contributed by atoms with E-state index in [9.17, 15) is 4.79 Å². The largest absolute Gasteiger partial charge is 0.319 e. The second kappa shape index (κ2) is 6.07. The van der Waals surface area contributed by atoms with Crippen molar-refractivity contribution in [3.63, 3.8) is 0 Å². The van der Waals surface area contributed by atoms with Crippen molar-refractivity contribution in [2.75, 3.05) is 5.32 Å². The van der Waals surface area contributed by atoms with Crippen molar-refractivity contribution >= 4 is 55.1 Å². The molecule has 7 heteroatoms. The number of nitrogens with one attached hydrogen (secondary N) is 1. The van der Waals surface area contributed by atoms with Crippen molar-refractivity contribution in [1.82, 2.24) is 9.78 Å². The van der Waals surface area contributed by atoms with Gasteiger partial charge >= 0.3 is 0 Å². The molecule has 100 valence electrons. The fourth-order valence-electron chi connectivity index (χ4n) is 1.49. The Kier molecular flexibility index (Phi) is 4.65. The summed E-state index contributed by atoms with van der Waals surface area (Å²) >= 11 is 12.7. The fraction of sp³-hybridized carbons (Fsp3) is 0.167. The number of halogens is 3. The van der Waals surface area contributed by atoms with Crippen LogP contribution >= 0.6 is 43.5 Å². The summed E-state index contributed by atoms with van der Waals surface area (Å²) in [5.41, 5.74) is 0.883. The second-order valence-corrected chi connectivity index (χ2v) is 5.94. The number of aromatic nitrogens is 2. The Morgan fingerprint density at radius 1 is 1.47 bits per heavy atom. The maximum Gasteiger partial charge on any atom is 0.277 e. The number of nitrogens with zero attached hydrogens (tertiary/aromatic N) is 2. The molecule has 2 rings (SSSR count). The lowest BCUT2D eigenvalue weighted by Gasteiger charge is -2.06. The summed E-state index contributed by atoms with van der Waals surface area (Å²) in [5.74, 6) is -0.333. The average Bonchev–Trinajstić information content (AvgIpc) is 2.74. The van der Waals surface area contributed by atoms with E-state index in [4.69, 9.17) is 11.6 Å². The molecule has 0 fully saturated rings. The van der Waals surface area contributed by atoms with Gasteiger partial charge in [0.2, 0.25) is 0 Å². The molecule has 0 spiro atoms. The highest BCUT2D eigenvalue weighted by atomic mass is 79.9. The molecule has 0 aliphatic carbocycles. The van der Waals surface area contributed by atoms with E-state index in [1.807, 2.05) is 19.1 Å². The van der Waals surface area contributed by atoms with Gasteiger partial charge in [-0.05, 0) is 41.1 Å². The van der Waals surface area contributed by atoms with E-state index < -0.39 is 0 Å². The predicted molar refractivity (Wildman–Crippen MR) is 82.7 cm³/mol. The zero-order chi connectivity index (χ0) is 14.0. The standard InChI is InChI=1S/C12H10Br2ClN3O/c1-2-18-6-9(15)11(17-18)12(19)16-10-4-3-7(13)5-8(10)14/h3-6H,2H2,1H3,(H,16,19). The Labute approximate surface area is 132 Å². The molecule has 1 aromatic carbocycles. The van der Waals surface area contributed by atoms with Crippen molar-refractivity contribution in [2.45, 2.75) is 13.5 Å². The Morgan fingerprint density at radius 2 is 2.21 bits per heavy atom. The van der Waals surface area contributed by atoms with E-state index in [0.717, 1.165) is 8.95 Å². The summed E-state index contributed by atoms with van der Waals surface area (Å²) in [7, 11) is 0. The Morgan fingerprint density at radius 3 is 2.79 bits per heavy atom. The molecule has 1 aromatic heterocycles. The Bertz CT molecular complexity index is 627. The van der Waals surface area contributed by atoms with Gasteiger partial charge in [0, 0.05) is 21.7 Å². The maximum atomic E-state index is 12.1. The van der Waals surface area contributed by atoms with Crippen molar-refractivity contribution in [3.8, 4) is 0 Å². The first-order chi connectivity index (χ1) is 9.01. The minimum atomic E-state index is -0.333. The van der Waals surface area contributed by atoms with Crippen LogP contribution in [0.15, 0.2) is 33.3 Å². The van der Waals surface area contributed by atoms with Gasteiger partial charge in [0.25, 0.3) is 5.91 Å². The molecule has 0 unspecified atom stereocenters. The molecule has 19 heavy (non-hydrogen) atoms. The van der Waals surface area contributed by atoms with E-state index in [1.165, 1.54) is 0 Å². The molecule has 0 aliphatic rings. The topological polar surface area (TPSA) is 46.9 Å². The lowest BCUT2D eigenvalue weighted by molar-refractivity contribution is 0.102. The Balaban J connectivity index is 2.23. The maximum absolute atomic E-state index is 12.1. The monoisotopic (exact) mass is 405 g/mol. The smallest absolute Gasteiger partial charge is 0.277 e. The normalized spacial score (nSPS) is 10.5. The van der Waals surface area contributed by atoms with E-state index in [-0.39, 0.29) is 11.6 Å². The molecular formula is C12H10Br2ClN3O. The number of hydrogen-bond donors (Lipinski definition) is 1. The van der Waals surface area contributed by atoms with Crippen LogP contribution in [0.4, 0.5) is 5.69 Å². The van der Waals surface area contributed by atoms with E-state index in [2.05, 4.69) is 42.3 Å².